The Labute approximate surface area is 348 Å². The number of nitrogens with zero attached hydrogens (tertiary/aromatic N) is 6. The smallest absolute Gasteiger partial charge is 0.430 e. The lowest BCUT2D eigenvalue weighted by Crippen LogP contribution is -2.65. The Balaban J connectivity index is 1.38. The van der Waals surface area contributed by atoms with Crippen molar-refractivity contribution in [2.45, 2.75) is 135 Å². The first-order chi connectivity index (χ1) is 27.5. The van der Waals surface area contributed by atoms with Crippen molar-refractivity contribution in [3.05, 3.63) is 47.3 Å². The first-order valence-electron chi connectivity index (χ1n) is 20.6. The largest absolute Gasteiger partial charge is 0.474 e. The monoisotopic (exact) mass is 844 g/mol. The van der Waals surface area contributed by atoms with E-state index in [-0.39, 0.29) is 61.3 Å². The maximum absolute atomic E-state index is 14.8. The number of rotatable bonds is 9. The van der Waals surface area contributed by atoms with Crippen molar-refractivity contribution in [1.29, 1.82) is 0 Å². The molecule has 17 heteroatoms. The lowest BCUT2D eigenvalue weighted by atomic mass is 10.0. The number of hydrogen-bond donors (Lipinski definition) is 0. The van der Waals surface area contributed by atoms with Crippen molar-refractivity contribution in [2.75, 3.05) is 55.2 Å². The average Bonchev–Trinajstić information content (AvgIpc) is 3.97. The Morgan fingerprint density at radius 1 is 0.881 bits per heavy atom. The second kappa shape index (κ2) is 17.1. The van der Waals surface area contributed by atoms with Crippen molar-refractivity contribution in [3.63, 3.8) is 0 Å². The number of aromatic nitrogens is 1. The topological polar surface area (TPSA) is 151 Å². The molecule has 1 saturated carbocycles. The quantitative estimate of drug-likeness (QED) is 0.310. The Kier molecular flexibility index (Phi) is 12.9. The third-order valence-electron chi connectivity index (χ3n) is 10.9. The van der Waals surface area contributed by atoms with Crippen LogP contribution in [0.5, 0.6) is 5.88 Å². The van der Waals surface area contributed by atoms with E-state index in [0.717, 1.165) is 0 Å². The van der Waals surface area contributed by atoms with Crippen LogP contribution in [-0.2, 0) is 35.4 Å². The van der Waals surface area contributed by atoms with Crippen LogP contribution < -0.4 is 13.9 Å². The van der Waals surface area contributed by atoms with Crippen LogP contribution in [0.15, 0.2) is 30.3 Å². The molecule has 2 aromatic rings. The molecule has 0 spiro atoms. The number of piperazine rings is 1. The van der Waals surface area contributed by atoms with Crippen LogP contribution in [0.4, 0.5) is 25.5 Å². The minimum Gasteiger partial charge on any atom is -0.474 e. The normalized spacial score (nSPS) is 24.6. The van der Waals surface area contributed by atoms with Crippen LogP contribution in [-0.4, -0.2) is 139 Å². The molecule has 3 amide bonds. The van der Waals surface area contributed by atoms with Crippen molar-refractivity contribution < 1.29 is 46.1 Å². The number of carbonyl (C=O) groups excluding carboxylic acids is 3. The number of halogens is 1. The van der Waals surface area contributed by atoms with Gasteiger partial charge in [-0.05, 0) is 106 Å². The van der Waals surface area contributed by atoms with E-state index in [0.29, 0.717) is 66.8 Å². The molecule has 4 heterocycles. The molecule has 1 aliphatic carbocycles. The van der Waals surface area contributed by atoms with Gasteiger partial charge in [-0.25, -0.2) is 22.4 Å². The van der Waals surface area contributed by atoms with Gasteiger partial charge in [0.25, 0.3) is 0 Å². The maximum Gasteiger partial charge on any atom is 0.430 e. The summed E-state index contributed by atoms with van der Waals surface area (Å²) in [6.07, 6.45) is -0.701. The predicted octanol–water partition coefficient (Wildman–Crippen LogP) is 5.58. The van der Waals surface area contributed by atoms with Gasteiger partial charge in [0.15, 0.2) is 5.82 Å². The van der Waals surface area contributed by atoms with Crippen LogP contribution in [0.2, 0.25) is 0 Å². The van der Waals surface area contributed by atoms with Crippen LogP contribution in [0.1, 0.15) is 93.2 Å². The fourth-order valence-corrected chi connectivity index (χ4v) is 9.56. The molecule has 3 aliphatic heterocycles. The molecule has 0 unspecified atom stereocenters. The molecule has 4 aliphatic rings. The van der Waals surface area contributed by atoms with Crippen molar-refractivity contribution in [1.82, 2.24) is 19.7 Å². The zero-order valence-electron chi connectivity index (χ0n) is 36.1. The Hall–Kier alpha value is -4.06. The number of amides is 3. The van der Waals surface area contributed by atoms with Gasteiger partial charge in [0.2, 0.25) is 21.8 Å². The van der Waals surface area contributed by atoms with Crippen LogP contribution in [0, 0.1) is 5.82 Å². The minimum atomic E-state index is -4.27. The first kappa shape index (κ1) is 44.5. The lowest BCUT2D eigenvalue weighted by molar-refractivity contribution is -0.123. The number of ether oxygens (including phenoxy) is 4. The standard InChI is InChI=1S/C42H61FN6O9S/c1-26-19-45(33(20-46-27(2)23-55-24-28(46)3)21-47(26)39(51)57-41(5,6)7)22-36(50)48-29(4)25-56-38-35(48)18-31(17-30-11-13-32(43)14-12-30)37(44-38)49(40(52)58-42(8,9)10)59(53,54)34-15-16-34/h11-14,18,26-29,33-34H,15-17,19-25H2,1-10H3/t26-,27-,28-,29+,33+/m1/s1. The minimum absolute atomic E-state index is 0.00316. The molecular formula is C42H61FN6O9S. The summed E-state index contributed by atoms with van der Waals surface area (Å²) >= 11 is 0. The van der Waals surface area contributed by atoms with Crippen molar-refractivity contribution in [2.24, 2.45) is 0 Å². The number of benzene rings is 1. The van der Waals surface area contributed by atoms with Crippen LogP contribution in [0.3, 0.4) is 0 Å². The van der Waals surface area contributed by atoms with Gasteiger partial charge in [0, 0.05) is 55.8 Å². The van der Waals surface area contributed by atoms with E-state index in [1.807, 2.05) is 34.6 Å². The molecular weight excluding hydrogens is 784 g/mol. The zero-order chi connectivity index (χ0) is 43.2. The number of pyridine rings is 1. The molecule has 0 radical (unpaired) electrons. The SMILES string of the molecule is C[C@@H]1CN(CC(=O)N2c3cc(Cc4ccc(F)cc4)c(N(C(=O)OC(C)(C)C)S(=O)(=O)C4CC4)nc3OC[C@@H]2C)[C@@H](CN2[C@H](C)COC[C@H]2C)CN1C(=O)OC(C)(C)C. The van der Waals surface area contributed by atoms with E-state index in [4.69, 9.17) is 23.9 Å². The second-order valence-corrected chi connectivity index (χ2v) is 20.6. The summed E-state index contributed by atoms with van der Waals surface area (Å²) in [4.78, 5) is 54.7. The van der Waals surface area contributed by atoms with Gasteiger partial charge in [0.05, 0.1) is 31.1 Å². The highest BCUT2D eigenvalue weighted by atomic mass is 32.2. The van der Waals surface area contributed by atoms with Crippen molar-refractivity contribution >= 4 is 39.6 Å². The van der Waals surface area contributed by atoms with Gasteiger partial charge in [-0.1, -0.05) is 12.1 Å². The van der Waals surface area contributed by atoms with E-state index < -0.39 is 50.5 Å². The highest BCUT2D eigenvalue weighted by molar-refractivity contribution is 7.94. The van der Waals surface area contributed by atoms with Gasteiger partial charge in [-0.15, -0.1) is 0 Å². The zero-order valence-corrected chi connectivity index (χ0v) is 36.9. The Bertz CT molecular complexity index is 1970. The third-order valence-corrected chi connectivity index (χ3v) is 13.1. The summed E-state index contributed by atoms with van der Waals surface area (Å²) in [6.45, 7) is 21.0. The van der Waals surface area contributed by atoms with Gasteiger partial charge in [0.1, 0.15) is 29.3 Å². The number of anilines is 2. The van der Waals surface area contributed by atoms with Gasteiger partial charge in [-0.3, -0.25) is 14.6 Å². The highest BCUT2D eigenvalue weighted by Gasteiger charge is 2.47. The molecule has 5 atom stereocenters. The van der Waals surface area contributed by atoms with Gasteiger partial charge >= 0.3 is 12.2 Å². The predicted molar refractivity (Wildman–Crippen MR) is 221 cm³/mol. The molecule has 15 nitrogen and oxygen atoms in total. The van der Waals surface area contributed by atoms with Crippen LogP contribution >= 0.6 is 0 Å². The molecule has 0 bridgehead atoms. The molecule has 1 aromatic carbocycles. The first-order valence-corrected chi connectivity index (χ1v) is 22.1. The summed E-state index contributed by atoms with van der Waals surface area (Å²) in [5.41, 5.74) is -0.470. The fraction of sp³-hybridized carbons (Fsp3) is 0.667. The number of fused-ring (bicyclic) bond motifs is 1. The van der Waals surface area contributed by atoms with E-state index in [2.05, 4.69) is 23.6 Å². The van der Waals surface area contributed by atoms with Gasteiger partial charge < -0.3 is 28.7 Å². The molecule has 3 fully saturated rings. The number of hydrogen-bond acceptors (Lipinski definition) is 12. The Morgan fingerprint density at radius 2 is 1.51 bits per heavy atom. The summed E-state index contributed by atoms with van der Waals surface area (Å²) < 4.78 is 66.1. The summed E-state index contributed by atoms with van der Waals surface area (Å²) in [7, 11) is -4.27. The highest BCUT2D eigenvalue weighted by Crippen LogP contribution is 2.41. The molecule has 1 aromatic heterocycles. The van der Waals surface area contributed by atoms with E-state index in [1.54, 1.807) is 48.8 Å². The molecule has 6 rings (SSSR count). The molecule has 326 valence electrons. The Morgan fingerprint density at radius 3 is 2.10 bits per heavy atom. The number of sulfonamides is 1. The van der Waals surface area contributed by atoms with E-state index >= 15 is 0 Å². The third kappa shape index (κ3) is 10.5. The summed E-state index contributed by atoms with van der Waals surface area (Å²) in [5, 5.41) is -0.792. The van der Waals surface area contributed by atoms with Crippen LogP contribution in [0.25, 0.3) is 0 Å². The molecule has 2 saturated heterocycles. The number of carbonyl (C=O) groups is 3. The summed E-state index contributed by atoms with van der Waals surface area (Å²) in [6, 6.07) is 6.70. The summed E-state index contributed by atoms with van der Waals surface area (Å²) in [5.74, 6) is -0.896. The molecule has 0 N–H and O–H groups in total. The lowest BCUT2D eigenvalue weighted by Gasteiger charge is -2.49. The maximum atomic E-state index is 14.8. The van der Waals surface area contributed by atoms with E-state index in [9.17, 15) is 27.2 Å². The van der Waals surface area contributed by atoms with Crippen molar-refractivity contribution in [3.8, 4) is 5.88 Å². The fourth-order valence-electron chi connectivity index (χ4n) is 7.88. The molecule has 59 heavy (non-hydrogen) atoms. The average molecular weight is 845 g/mol. The number of morpholine rings is 1. The van der Waals surface area contributed by atoms with Gasteiger partial charge in [-0.2, -0.15) is 9.29 Å². The van der Waals surface area contributed by atoms with E-state index in [1.165, 1.54) is 12.1 Å². The second-order valence-electron chi connectivity index (χ2n) is 18.5.